The van der Waals surface area contributed by atoms with E-state index in [1.807, 2.05) is 103 Å². The number of piperidine rings is 1. The highest BCUT2D eigenvalue weighted by Crippen LogP contribution is 2.49. The Bertz CT molecular complexity index is 1510. The molecule has 0 radical (unpaired) electrons. The molecular formula is C39H51N3O4. The van der Waals surface area contributed by atoms with Gasteiger partial charge in [-0.15, -0.1) is 0 Å². The van der Waals surface area contributed by atoms with Crippen LogP contribution in [0.2, 0.25) is 0 Å². The Hall–Kier alpha value is -3.71. The summed E-state index contributed by atoms with van der Waals surface area (Å²) < 4.78 is 12.3. The predicted molar refractivity (Wildman–Crippen MR) is 184 cm³/mol. The third-order valence-corrected chi connectivity index (χ3v) is 9.41. The van der Waals surface area contributed by atoms with Crippen LogP contribution in [0.4, 0.5) is 5.69 Å². The number of nitrogens with one attached hydrogen (secondary N) is 1. The molecule has 1 saturated carbocycles. The Balaban J connectivity index is 1.56. The highest BCUT2D eigenvalue weighted by atomic mass is 16.6. The summed E-state index contributed by atoms with van der Waals surface area (Å²) in [4.78, 5) is 34.3. The number of aromatic nitrogens is 1. The number of ether oxygens (including phenoxy) is 2. The molecule has 246 valence electrons. The van der Waals surface area contributed by atoms with Crippen molar-refractivity contribution in [3.05, 3.63) is 82.7 Å². The number of pyridine rings is 1. The van der Waals surface area contributed by atoms with E-state index in [1.54, 1.807) is 0 Å². The molecule has 1 saturated heterocycles. The van der Waals surface area contributed by atoms with E-state index in [-0.39, 0.29) is 12.0 Å². The SMILES string of the molecule is Cc1nc(C)c([C@H](OC(C)(C)C)C(=O)OC(C)C)c(N2CCC3(CCCC3)CC2)c1-c1ccc(C(=O)NCc2ccccc2)cc1. The lowest BCUT2D eigenvalue weighted by Gasteiger charge is -2.43. The number of carbonyl (C=O) groups is 2. The molecule has 2 aliphatic rings. The van der Waals surface area contributed by atoms with E-state index in [4.69, 9.17) is 14.5 Å². The van der Waals surface area contributed by atoms with Crippen molar-refractivity contribution in [2.24, 2.45) is 5.41 Å². The molecular weight excluding hydrogens is 574 g/mol. The van der Waals surface area contributed by atoms with Crippen molar-refractivity contribution in [3.63, 3.8) is 0 Å². The molecule has 1 aliphatic carbocycles. The van der Waals surface area contributed by atoms with Gasteiger partial charge in [0, 0.05) is 47.7 Å². The largest absolute Gasteiger partial charge is 0.461 e. The van der Waals surface area contributed by atoms with Crippen molar-refractivity contribution >= 4 is 17.6 Å². The van der Waals surface area contributed by atoms with Crippen LogP contribution < -0.4 is 10.2 Å². The summed E-state index contributed by atoms with van der Waals surface area (Å²) in [5.41, 5.74) is 6.81. The van der Waals surface area contributed by atoms with Gasteiger partial charge in [-0.3, -0.25) is 9.78 Å². The number of hydrogen-bond donors (Lipinski definition) is 1. The van der Waals surface area contributed by atoms with Crippen LogP contribution in [0, 0.1) is 19.3 Å². The Morgan fingerprint density at radius 1 is 0.913 bits per heavy atom. The number of carbonyl (C=O) groups excluding carboxylic acids is 2. The molecule has 3 aromatic rings. The van der Waals surface area contributed by atoms with Gasteiger partial charge in [0.2, 0.25) is 0 Å². The Morgan fingerprint density at radius 3 is 2.13 bits per heavy atom. The first-order valence-corrected chi connectivity index (χ1v) is 16.9. The van der Waals surface area contributed by atoms with Gasteiger partial charge in [0.05, 0.1) is 17.4 Å². The minimum Gasteiger partial charge on any atom is -0.461 e. The second kappa shape index (κ2) is 14.0. The van der Waals surface area contributed by atoms with Crippen LogP contribution in [-0.2, 0) is 20.8 Å². The molecule has 2 aromatic carbocycles. The normalized spacial score (nSPS) is 16.9. The number of anilines is 1. The highest BCUT2D eigenvalue weighted by Gasteiger charge is 2.40. The quantitative estimate of drug-likeness (QED) is 0.241. The van der Waals surface area contributed by atoms with Crippen molar-refractivity contribution in [2.45, 2.75) is 111 Å². The molecule has 7 heteroatoms. The maximum atomic E-state index is 13.8. The second-order valence-corrected chi connectivity index (χ2v) is 14.5. The van der Waals surface area contributed by atoms with Gasteiger partial charge in [0.15, 0.2) is 6.10 Å². The zero-order chi connectivity index (χ0) is 33.1. The smallest absolute Gasteiger partial charge is 0.340 e. The van der Waals surface area contributed by atoms with Gasteiger partial charge in [-0.2, -0.15) is 0 Å². The van der Waals surface area contributed by atoms with Crippen LogP contribution in [0.15, 0.2) is 54.6 Å². The van der Waals surface area contributed by atoms with Crippen molar-refractivity contribution in [1.29, 1.82) is 0 Å². The van der Waals surface area contributed by atoms with E-state index in [0.717, 1.165) is 65.3 Å². The monoisotopic (exact) mass is 625 g/mol. The summed E-state index contributed by atoms with van der Waals surface area (Å²) in [5, 5.41) is 3.03. The number of aryl methyl sites for hydroxylation is 2. The van der Waals surface area contributed by atoms with Crippen molar-refractivity contribution in [1.82, 2.24) is 10.3 Å². The molecule has 1 N–H and O–H groups in total. The first-order chi connectivity index (χ1) is 21.9. The van der Waals surface area contributed by atoms with Crippen LogP contribution >= 0.6 is 0 Å². The molecule has 1 aromatic heterocycles. The van der Waals surface area contributed by atoms with E-state index < -0.39 is 17.7 Å². The summed E-state index contributed by atoms with van der Waals surface area (Å²) >= 11 is 0. The molecule has 2 fully saturated rings. The predicted octanol–water partition coefficient (Wildman–Crippen LogP) is 8.26. The first kappa shape index (κ1) is 33.6. The highest BCUT2D eigenvalue weighted by molar-refractivity contribution is 5.95. The van der Waals surface area contributed by atoms with Crippen LogP contribution in [0.5, 0.6) is 0 Å². The molecule has 5 rings (SSSR count). The Kier molecular flexibility index (Phi) is 10.2. The zero-order valence-electron chi connectivity index (χ0n) is 28.7. The van der Waals surface area contributed by atoms with E-state index in [1.165, 1.54) is 25.7 Å². The molecule has 1 aliphatic heterocycles. The average molecular weight is 626 g/mol. The minimum atomic E-state index is -0.936. The van der Waals surface area contributed by atoms with Crippen molar-refractivity contribution < 1.29 is 19.1 Å². The zero-order valence-corrected chi connectivity index (χ0v) is 28.7. The molecule has 0 unspecified atom stereocenters. The number of nitrogens with zero attached hydrogens (tertiary/aromatic N) is 2. The van der Waals surface area contributed by atoms with E-state index in [9.17, 15) is 9.59 Å². The fourth-order valence-electron chi connectivity index (χ4n) is 7.20. The van der Waals surface area contributed by atoms with Gasteiger partial charge in [-0.05, 0) is 103 Å². The standard InChI is InChI=1S/C39H51N3O4/c1-26(2)45-37(44)35(46-38(5,6)7)33-28(4)41-27(3)32(34(33)42-23-21-39(22-24-42)19-11-12-20-39)30-15-17-31(18-16-30)36(43)40-25-29-13-9-8-10-14-29/h8-10,13-18,26,35H,11-12,19-25H2,1-7H3,(H,40,43)/t35-/m0/s1. The lowest BCUT2D eigenvalue weighted by atomic mass is 9.76. The lowest BCUT2D eigenvalue weighted by Crippen LogP contribution is -2.41. The second-order valence-electron chi connectivity index (χ2n) is 14.5. The van der Waals surface area contributed by atoms with Crippen LogP contribution in [0.25, 0.3) is 11.1 Å². The number of hydrogen-bond acceptors (Lipinski definition) is 6. The van der Waals surface area contributed by atoms with Crippen LogP contribution in [0.3, 0.4) is 0 Å². The third-order valence-electron chi connectivity index (χ3n) is 9.41. The lowest BCUT2D eigenvalue weighted by molar-refractivity contribution is -0.171. The van der Waals surface area contributed by atoms with Crippen LogP contribution in [-0.4, -0.2) is 41.7 Å². The molecule has 46 heavy (non-hydrogen) atoms. The van der Waals surface area contributed by atoms with Gasteiger partial charge in [0.25, 0.3) is 5.91 Å². The van der Waals surface area contributed by atoms with Gasteiger partial charge in [-0.25, -0.2) is 4.79 Å². The number of benzene rings is 2. The maximum Gasteiger partial charge on any atom is 0.340 e. The number of esters is 1. The number of amides is 1. The maximum absolute atomic E-state index is 13.8. The van der Waals surface area contributed by atoms with Gasteiger partial charge in [0.1, 0.15) is 0 Å². The first-order valence-electron chi connectivity index (χ1n) is 16.9. The summed E-state index contributed by atoms with van der Waals surface area (Å²) in [5.74, 6) is -0.524. The fourth-order valence-corrected chi connectivity index (χ4v) is 7.20. The molecule has 1 amide bonds. The topological polar surface area (TPSA) is 80.8 Å². The van der Waals surface area contributed by atoms with Crippen molar-refractivity contribution in [3.8, 4) is 11.1 Å². The number of rotatable bonds is 9. The molecule has 2 heterocycles. The fraction of sp³-hybridized carbons (Fsp3) is 0.513. The minimum absolute atomic E-state index is 0.122. The van der Waals surface area contributed by atoms with Gasteiger partial charge in [-0.1, -0.05) is 55.3 Å². The summed E-state index contributed by atoms with van der Waals surface area (Å²) in [6.45, 7) is 15.9. The molecule has 1 atom stereocenters. The molecule has 1 spiro atoms. The van der Waals surface area contributed by atoms with Gasteiger partial charge >= 0.3 is 5.97 Å². The summed E-state index contributed by atoms with van der Waals surface area (Å²) in [6.07, 6.45) is 6.29. The Morgan fingerprint density at radius 2 is 1.54 bits per heavy atom. The van der Waals surface area contributed by atoms with Gasteiger partial charge < -0.3 is 19.7 Å². The van der Waals surface area contributed by atoms with Crippen LogP contribution in [0.1, 0.15) is 112 Å². The van der Waals surface area contributed by atoms with Crippen molar-refractivity contribution in [2.75, 3.05) is 18.0 Å². The van der Waals surface area contributed by atoms with E-state index >= 15 is 0 Å². The molecule has 7 nitrogen and oxygen atoms in total. The van der Waals surface area contributed by atoms with E-state index in [2.05, 4.69) is 10.2 Å². The summed E-state index contributed by atoms with van der Waals surface area (Å²) in [6, 6.07) is 17.6. The molecule has 0 bridgehead atoms. The Labute approximate surface area is 275 Å². The summed E-state index contributed by atoms with van der Waals surface area (Å²) in [7, 11) is 0. The average Bonchev–Trinajstić information content (AvgIpc) is 3.46. The van der Waals surface area contributed by atoms with E-state index in [0.29, 0.717) is 17.5 Å². The third kappa shape index (κ3) is 7.80.